The van der Waals surface area contributed by atoms with Crippen molar-refractivity contribution in [3.05, 3.63) is 29.8 Å². The van der Waals surface area contributed by atoms with Crippen molar-refractivity contribution in [3.63, 3.8) is 0 Å². The highest BCUT2D eigenvalue weighted by Crippen LogP contribution is 2.41. The minimum absolute atomic E-state index is 0.341. The van der Waals surface area contributed by atoms with Crippen molar-refractivity contribution in [2.24, 2.45) is 11.8 Å². The molecule has 1 aromatic carbocycles. The number of rotatable bonds is 1. The van der Waals surface area contributed by atoms with Crippen molar-refractivity contribution in [1.82, 2.24) is 10.9 Å². The molecule has 4 atom stereocenters. The van der Waals surface area contributed by atoms with Crippen LogP contribution in [0.1, 0.15) is 37.8 Å². The van der Waals surface area contributed by atoms with Gasteiger partial charge in [0.1, 0.15) is 5.75 Å². The van der Waals surface area contributed by atoms with Crippen LogP contribution in [0.2, 0.25) is 0 Å². The summed E-state index contributed by atoms with van der Waals surface area (Å²) in [4.78, 5) is 0. The lowest BCUT2D eigenvalue weighted by molar-refractivity contribution is 0.219. The molecule has 17 heavy (non-hydrogen) atoms. The zero-order chi connectivity index (χ0) is 11.8. The first kappa shape index (κ1) is 11.1. The van der Waals surface area contributed by atoms with E-state index in [9.17, 15) is 5.11 Å². The van der Waals surface area contributed by atoms with Gasteiger partial charge in [0, 0.05) is 6.04 Å². The molecule has 4 unspecified atom stereocenters. The Bertz CT molecular complexity index is 390. The monoisotopic (exact) mass is 232 g/mol. The summed E-state index contributed by atoms with van der Waals surface area (Å²) in [6.45, 7) is 2.36. The van der Waals surface area contributed by atoms with Gasteiger partial charge in [-0.3, -0.25) is 5.43 Å². The zero-order valence-corrected chi connectivity index (χ0v) is 10.2. The zero-order valence-electron chi connectivity index (χ0n) is 10.2. The predicted molar refractivity (Wildman–Crippen MR) is 67.4 cm³/mol. The van der Waals surface area contributed by atoms with Gasteiger partial charge in [0.15, 0.2) is 0 Å². The van der Waals surface area contributed by atoms with Gasteiger partial charge in [-0.2, -0.15) is 0 Å². The van der Waals surface area contributed by atoms with E-state index in [-0.39, 0.29) is 0 Å². The van der Waals surface area contributed by atoms with Gasteiger partial charge in [-0.25, -0.2) is 5.43 Å². The number of hydrazine groups is 1. The van der Waals surface area contributed by atoms with Crippen LogP contribution in [-0.2, 0) is 0 Å². The Morgan fingerprint density at radius 3 is 2.65 bits per heavy atom. The van der Waals surface area contributed by atoms with Gasteiger partial charge >= 0.3 is 0 Å². The van der Waals surface area contributed by atoms with Gasteiger partial charge in [-0.05, 0) is 36.0 Å². The number of aromatic hydroxyl groups is 1. The smallest absolute Gasteiger partial charge is 0.115 e. The molecule has 3 rings (SSSR count). The summed E-state index contributed by atoms with van der Waals surface area (Å²) in [6, 6.07) is 8.60. The molecule has 2 aliphatic rings. The third-order valence-electron chi connectivity index (χ3n) is 4.36. The first-order valence-electron chi connectivity index (χ1n) is 6.55. The summed E-state index contributed by atoms with van der Waals surface area (Å²) in [5.74, 6) is 1.77. The summed E-state index contributed by atoms with van der Waals surface area (Å²) < 4.78 is 0. The number of fused-ring (bicyclic) bond motifs is 1. The Morgan fingerprint density at radius 1 is 1.12 bits per heavy atom. The molecule has 0 radical (unpaired) electrons. The van der Waals surface area contributed by atoms with E-state index >= 15 is 0 Å². The van der Waals surface area contributed by atoms with Gasteiger partial charge in [0.05, 0.1) is 6.04 Å². The summed E-state index contributed by atoms with van der Waals surface area (Å²) in [6.07, 6.45) is 3.94. The maximum absolute atomic E-state index is 9.35. The third-order valence-corrected chi connectivity index (χ3v) is 4.36. The van der Waals surface area contributed by atoms with Crippen molar-refractivity contribution in [3.8, 4) is 5.75 Å². The van der Waals surface area contributed by atoms with Gasteiger partial charge in [-0.1, -0.05) is 31.9 Å². The minimum Gasteiger partial charge on any atom is -0.508 e. The molecule has 92 valence electrons. The number of nitrogens with one attached hydrogen (secondary N) is 2. The molecule has 1 heterocycles. The SMILES string of the molecule is CC1CCCC2NNC(c3ccc(O)cc3)C12. The second kappa shape index (κ2) is 4.31. The molecule has 3 heteroatoms. The maximum Gasteiger partial charge on any atom is 0.115 e. The number of phenols is 1. The second-order valence-corrected chi connectivity index (χ2v) is 5.45. The number of benzene rings is 1. The molecule has 0 amide bonds. The molecule has 0 aromatic heterocycles. The minimum atomic E-state index is 0.341. The van der Waals surface area contributed by atoms with E-state index in [1.165, 1.54) is 24.8 Å². The molecule has 1 aliphatic heterocycles. The molecule has 1 aliphatic carbocycles. The van der Waals surface area contributed by atoms with E-state index < -0.39 is 0 Å². The van der Waals surface area contributed by atoms with E-state index in [1.807, 2.05) is 12.1 Å². The lowest BCUT2D eigenvalue weighted by Crippen LogP contribution is -2.35. The van der Waals surface area contributed by atoms with Gasteiger partial charge in [0.2, 0.25) is 0 Å². The third kappa shape index (κ3) is 1.94. The number of hydrogen-bond acceptors (Lipinski definition) is 3. The van der Waals surface area contributed by atoms with Crippen LogP contribution in [-0.4, -0.2) is 11.1 Å². The number of hydrogen-bond donors (Lipinski definition) is 3. The molecule has 1 saturated carbocycles. The van der Waals surface area contributed by atoms with Gasteiger partial charge in [0.25, 0.3) is 0 Å². The van der Waals surface area contributed by atoms with Crippen molar-refractivity contribution in [1.29, 1.82) is 0 Å². The molecule has 3 N–H and O–H groups in total. The van der Waals surface area contributed by atoms with Crippen LogP contribution in [0.5, 0.6) is 5.75 Å². The van der Waals surface area contributed by atoms with Crippen LogP contribution in [0.15, 0.2) is 24.3 Å². The summed E-state index contributed by atoms with van der Waals surface area (Å²) in [5.41, 5.74) is 8.15. The highest BCUT2D eigenvalue weighted by molar-refractivity contribution is 5.29. The van der Waals surface area contributed by atoms with Crippen molar-refractivity contribution in [2.45, 2.75) is 38.3 Å². The standard InChI is InChI=1S/C14H20N2O/c1-9-3-2-4-12-13(9)14(16-15-12)10-5-7-11(17)8-6-10/h5-9,12-17H,2-4H2,1H3. The van der Waals surface area contributed by atoms with Crippen LogP contribution in [0.4, 0.5) is 0 Å². The molecular weight excluding hydrogens is 212 g/mol. The van der Waals surface area contributed by atoms with Gasteiger partial charge in [-0.15, -0.1) is 0 Å². The van der Waals surface area contributed by atoms with Crippen LogP contribution < -0.4 is 10.9 Å². The fourth-order valence-corrected chi connectivity index (χ4v) is 3.45. The Balaban J connectivity index is 1.86. The van der Waals surface area contributed by atoms with E-state index in [0.717, 1.165) is 5.92 Å². The second-order valence-electron chi connectivity index (χ2n) is 5.45. The topological polar surface area (TPSA) is 44.3 Å². The molecule has 1 aromatic rings. The quantitative estimate of drug-likeness (QED) is 0.696. The van der Waals surface area contributed by atoms with Crippen LogP contribution >= 0.6 is 0 Å². The van der Waals surface area contributed by atoms with E-state index in [4.69, 9.17) is 0 Å². The summed E-state index contributed by atoms with van der Waals surface area (Å²) in [7, 11) is 0. The normalized spacial score (nSPS) is 36.8. The molecule has 2 fully saturated rings. The summed E-state index contributed by atoms with van der Waals surface area (Å²) >= 11 is 0. The fraction of sp³-hybridized carbons (Fsp3) is 0.571. The maximum atomic E-state index is 9.35. The Labute approximate surface area is 102 Å². The largest absolute Gasteiger partial charge is 0.508 e. The van der Waals surface area contributed by atoms with Crippen LogP contribution in [0, 0.1) is 11.8 Å². The van der Waals surface area contributed by atoms with Crippen molar-refractivity contribution in [2.75, 3.05) is 0 Å². The predicted octanol–water partition coefficient (Wildman–Crippen LogP) is 2.35. The molecular formula is C14H20N2O. The van der Waals surface area contributed by atoms with Gasteiger partial charge < -0.3 is 5.11 Å². The van der Waals surface area contributed by atoms with Crippen LogP contribution in [0.25, 0.3) is 0 Å². The first-order chi connectivity index (χ1) is 8.25. The summed E-state index contributed by atoms with van der Waals surface area (Å²) in [5, 5.41) is 9.35. The van der Waals surface area contributed by atoms with Crippen LogP contribution in [0.3, 0.4) is 0 Å². The molecule has 3 nitrogen and oxygen atoms in total. The Morgan fingerprint density at radius 2 is 1.88 bits per heavy atom. The van der Waals surface area contributed by atoms with Crippen molar-refractivity contribution >= 4 is 0 Å². The number of phenolic OH excluding ortho intramolecular Hbond substituents is 1. The van der Waals surface area contributed by atoms with E-state index in [0.29, 0.717) is 23.8 Å². The molecule has 0 bridgehead atoms. The fourth-order valence-electron chi connectivity index (χ4n) is 3.45. The lowest BCUT2D eigenvalue weighted by Gasteiger charge is -2.33. The first-order valence-corrected chi connectivity index (χ1v) is 6.55. The lowest BCUT2D eigenvalue weighted by atomic mass is 9.73. The Kier molecular flexibility index (Phi) is 2.81. The average molecular weight is 232 g/mol. The Hall–Kier alpha value is -1.06. The average Bonchev–Trinajstić information content (AvgIpc) is 2.75. The highest BCUT2D eigenvalue weighted by Gasteiger charge is 2.41. The van der Waals surface area contributed by atoms with Crippen molar-refractivity contribution < 1.29 is 5.11 Å². The molecule has 0 spiro atoms. The van der Waals surface area contributed by atoms with E-state index in [1.54, 1.807) is 12.1 Å². The molecule has 1 saturated heterocycles. The van der Waals surface area contributed by atoms with E-state index in [2.05, 4.69) is 17.8 Å². The highest BCUT2D eigenvalue weighted by atomic mass is 16.3.